The number of anilines is 1. The predicted molar refractivity (Wildman–Crippen MR) is 103 cm³/mol. The Kier molecular flexibility index (Phi) is 4.69. The van der Waals surface area contributed by atoms with E-state index < -0.39 is 29.7 Å². The van der Waals surface area contributed by atoms with Crippen molar-refractivity contribution >= 4 is 28.5 Å². The molecule has 3 aromatic rings. The number of hydrogen-bond donors (Lipinski definition) is 4. The van der Waals surface area contributed by atoms with Crippen molar-refractivity contribution in [3.63, 3.8) is 0 Å². The highest BCUT2D eigenvalue weighted by Gasteiger charge is 2.33. The summed E-state index contributed by atoms with van der Waals surface area (Å²) in [7, 11) is 0. The number of nitrogens with zero attached hydrogens (tertiary/aromatic N) is 1. The molecule has 0 bridgehead atoms. The number of aromatic nitrogens is 2. The number of benzene rings is 2. The molecule has 4 rings (SSSR count). The molecule has 30 heavy (non-hydrogen) atoms. The van der Waals surface area contributed by atoms with E-state index in [1.165, 1.54) is 12.1 Å². The number of halogens is 3. The van der Waals surface area contributed by atoms with Crippen molar-refractivity contribution in [2.75, 3.05) is 5.32 Å². The molecule has 0 radical (unpaired) electrons. The molecule has 154 valence electrons. The summed E-state index contributed by atoms with van der Waals surface area (Å²) in [5, 5.41) is 15.4. The highest BCUT2D eigenvalue weighted by molar-refractivity contribution is 6.07. The summed E-state index contributed by atoms with van der Waals surface area (Å²) in [5.41, 5.74) is 1.36. The SMILES string of the molecule is CC1=C(C(=O)Nc2ccc3[nH]ncc3c2)C(c2ccc(C(F)(F)F)cc2)NC(=O)N1. The number of allylic oxidation sites excluding steroid dienone is 1. The number of hydrogen-bond acceptors (Lipinski definition) is 3. The third kappa shape index (κ3) is 3.71. The Hall–Kier alpha value is -3.82. The number of H-pyrrole nitrogens is 1. The van der Waals surface area contributed by atoms with E-state index in [2.05, 4.69) is 26.1 Å². The standard InChI is InChI=1S/C20H16F3N5O2/c1-10-16(18(29)26-14-6-7-15-12(8-14)9-24-28-15)17(27-19(30)25-10)11-2-4-13(5-3-11)20(21,22)23/h2-9,17H,1H3,(H,24,28)(H,26,29)(H2,25,27,30). The van der Waals surface area contributed by atoms with E-state index in [1.54, 1.807) is 31.3 Å². The van der Waals surface area contributed by atoms with Gasteiger partial charge in [-0.25, -0.2) is 4.79 Å². The summed E-state index contributed by atoms with van der Waals surface area (Å²) >= 11 is 0. The van der Waals surface area contributed by atoms with Crippen LogP contribution in [0, 0.1) is 0 Å². The van der Waals surface area contributed by atoms with Gasteiger partial charge in [-0.2, -0.15) is 18.3 Å². The Morgan fingerprint density at radius 2 is 1.87 bits per heavy atom. The molecule has 0 spiro atoms. The van der Waals surface area contributed by atoms with Crippen molar-refractivity contribution < 1.29 is 22.8 Å². The van der Waals surface area contributed by atoms with Crippen LogP contribution in [0.3, 0.4) is 0 Å². The quantitative estimate of drug-likeness (QED) is 0.523. The van der Waals surface area contributed by atoms with Crippen LogP contribution in [0.4, 0.5) is 23.7 Å². The Labute approximate surface area is 168 Å². The van der Waals surface area contributed by atoms with Gasteiger partial charge in [0.25, 0.3) is 5.91 Å². The molecule has 1 unspecified atom stereocenters. The van der Waals surface area contributed by atoms with Gasteiger partial charge in [0.05, 0.1) is 28.9 Å². The minimum Gasteiger partial charge on any atom is -0.327 e. The molecule has 1 atom stereocenters. The molecule has 0 saturated heterocycles. The topological polar surface area (TPSA) is 98.9 Å². The molecule has 2 aromatic carbocycles. The molecule has 1 aromatic heterocycles. The summed E-state index contributed by atoms with van der Waals surface area (Å²) < 4.78 is 38.6. The average molecular weight is 415 g/mol. The summed E-state index contributed by atoms with van der Waals surface area (Å²) in [6.45, 7) is 1.56. The fourth-order valence-corrected chi connectivity index (χ4v) is 3.33. The number of nitrogens with one attached hydrogen (secondary N) is 4. The molecule has 1 aliphatic heterocycles. The van der Waals surface area contributed by atoms with Crippen LogP contribution in [0.1, 0.15) is 24.1 Å². The number of alkyl halides is 3. The maximum absolute atomic E-state index is 13.0. The number of carbonyl (C=O) groups excluding carboxylic acids is 2. The molecule has 3 amide bonds. The first kappa shape index (κ1) is 19.5. The van der Waals surface area contributed by atoms with Crippen molar-refractivity contribution in [2.24, 2.45) is 0 Å². The lowest BCUT2D eigenvalue weighted by Gasteiger charge is -2.29. The first-order valence-corrected chi connectivity index (χ1v) is 8.92. The minimum atomic E-state index is -4.48. The van der Waals surface area contributed by atoms with Gasteiger partial charge in [0.2, 0.25) is 0 Å². The van der Waals surface area contributed by atoms with Crippen molar-refractivity contribution in [3.05, 3.63) is 71.1 Å². The molecule has 0 fully saturated rings. The highest BCUT2D eigenvalue weighted by atomic mass is 19.4. The van der Waals surface area contributed by atoms with Crippen LogP contribution < -0.4 is 16.0 Å². The van der Waals surface area contributed by atoms with Crippen LogP contribution in [-0.2, 0) is 11.0 Å². The fraction of sp³-hybridized carbons (Fsp3) is 0.150. The van der Waals surface area contributed by atoms with Gasteiger partial charge >= 0.3 is 12.2 Å². The van der Waals surface area contributed by atoms with E-state index in [-0.39, 0.29) is 5.57 Å². The van der Waals surface area contributed by atoms with E-state index in [4.69, 9.17) is 0 Å². The lowest BCUT2D eigenvalue weighted by molar-refractivity contribution is -0.137. The molecule has 2 heterocycles. The van der Waals surface area contributed by atoms with Gasteiger partial charge in [0.15, 0.2) is 0 Å². The van der Waals surface area contributed by atoms with E-state index in [0.717, 1.165) is 23.0 Å². The number of urea groups is 1. The number of rotatable bonds is 3. The zero-order valence-corrected chi connectivity index (χ0v) is 15.6. The number of carbonyl (C=O) groups is 2. The van der Waals surface area contributed by atoms with Crippen LogP contribution in [0.2, 0.25) is 0 Å². The average Bonchev–Trinajstić information content (AvgIpc) is 3.14. The maximum Gasteiger partial charge on any atom is 0.416 e. The van der Waals surface area contributed by atoms with Gasteiger partial charge in [-0.15, -0.1) is 0 Å². The van der Waals surface area contributed by atoms with Crippen molar-refractivity contribution in [2.45, 2.75) is 19.1 Å². The molecular formula is C20H16F3N5O2. The van der Waals surface area contributed by atoms with E-state index in [9.17, 15) is 22.8 Å². The van der Waals surface area contributed by atoms with Crippen LogP contribution in [0.15, 0.2) is 59.9 Å². The van der Waals surface area contributed by atoms with Gasteiger partial charge in [-0.1, -0.05) is 12.1 Å². The van der Waals surface area contributed by atoms with Gasteiger partial charge < -0.3 is 16.0 Å². The highest BCUT2D eigenvalue weighted by Crippen LogP contribution is 2.32. The monoisotopic (exact) mass is 415 g/mol. The molecule has 4 N–H and O–H groups in total. The smallest absolute Gasteiger partial charge is 0.327 e. The minimum absolute atomic E-state index is 0.196. The van der Waals surface area contributed by atoms with Gasteiger partial charge in [-0.05, 0) is 42.8 Å². The van der Waals surface area contributed by atoms with Crippen LogP contribution in [0.5, 0.6) is 0 Å². The molecular weight excluding hydrogens is 399 g/mol. The summed E-state index contributed by atoms with van der Waals surface area (Å²) in [6.07, 6.45) is -2.86. The fourth-order valence-electron chi connectivity index (χ4n) is 3.33. The maximum atomic E-state index is 13.0. The first-order chi connectivity index (χ1) is 14.2. The second-order valence-corrected chi connectivity index (χ2v) is 6.82. The molecule has 1 aliphatic rings. The Balaban J connectivity index is 1.65. The van der Waals surface area contributed by atoms with E-state index >= 15 is 0 Å². The number of aromatic amines is 1. The lowest BCUT2D eigenvalue weighted by Crippen LogP contribution is -2.46. The van der Waals surface area contributed by atoms with Crippen molar-refractivity contribution in [1.29, 1.82) is 0 Å². The largest absolute Gasteiger partial charge is 0.416 e. The zero-order chi connectivity index (χ0) is 21.5. The summed E-state index contributed by atoms with van der Waals surface area (Å²) in [5.74, 6) is -0.493. The second-order valence-electron chi connectivity index (χ2n) is 6.82. The second kappa shape index (κ2) is 7.21. The Bertz CT molecular complexity index is 1170. The molecule has 7 nitrogen and oxygen atoms in total. The van der Waals surface area contributed by atoms with Crippen LogP contribution in [-0.4, -0.2) is 22.1 Å². The zero-order valence-electron chi connectivity index (χ0n) is 15.6. The third-order valence-corrected chi connectivity index (χ3v) is 4.78. The van der Waals surface area contributed by atoms with Gasteiger partial charge in [-0.3, -0.25) is 9.89 Å². The van der Waals surface area contributed by atoms with Crippen LogP contribution >= 0.6 is 0 Å². The summed E-state index contributed by atoms with van der Waals surface area (Å²) in [4.78, 5) is 25.0. The van der Waals surface area contributed by atoms with Gasteiger partial charge in [0, 0.05) is 16.8 Å². The van der Waals surface area contributed by atoms with Crippen molar-refractivity contribution in [3.8, 4) is 0 Å². The van der Waals surface area contributed by atoms with Crippen LogP contribution in [0.25, 0.3) is 10.9 Å². The van der Waals surface area contributed by atoms with E-state index in [1.807, 2.05) is 0 Å². The third-order valence-electron chi connectivity index (χ3n) is 4.78. The Morgan fingerprint density at radius 3 is 2.57 bits per heavy atom. The van der Waals surface area contributed by atoms with Crippen molar-refractivity contribution in [1.82, 2.24) is 20.8 Å². The number of amides is 3. The van der Waals surface area contributed by atoms with Gasteiger partial charge in [0.1, 0.15) is 0 Å². The predicted octanol–water partition coefficient (Wildman–Crippen LogP) is 3.85. The molecule has 0 aliphatic carbocycles. The molecule has 0 saturated carbocycles. The first-order valence-electron chi connectivity index (χ1n) is 8.92. The summed E-state index contributed by atoms with van der Waals surface area (Å²) in [6, 6.07) is 8.06. The molecule has 10 heteroatoms. The normalized spacial score (nSPS) is 16.9. The Morgan fingerprint density at radius 1 is 1.13 bits per heavy atom. The number of fused-ring (bicyclic) bond motifs is 1. The lowest BCUT2D eigenvalue weighted by atomic mass is 9.94. The van der Waals surface area contributed by atoms with E-state index in [0.29, 0.717) is 16.9 Å².